The molecule has 0 spiro atoms. The molecule has 0 aliphatic rings. The third-order valence-corrected chi connectivity index (χ3v) is 3.32. The Bertz CT molecular complexity index is 533. The second-order valence-electron chi connectivity index (χ2n) is 4.90. The smallest absolute Gasteiger partial charge is 0.152 e. The molecule has 0 bridgehead atoms. The van der Waals surface area contributed by atoms with E-state index in [-0.39, 0.29) is 0 Å². The number of aryl methyl sites for hydroxylation is 1. The molecule has 1 aromatic carbocycles. The van der Waals surface area contributed by atoms with E-state index in [1.165, 1.54) is 32.1 Å². The summed E-state index contributed by atoms with van der Waals surface area (Å²) in [4.78, 5) is 12.6. The maximum Gasteiger partial charge on any atom is 0.152 e. The van der Waals surface area contributed by atoms with Gasteiger partial charge in [0.15, 0.2) is 6.29 Å². The van der Waals surface area contributed by atoms with Crippen LogP contribution in [-0.2, 0) is 6.54 Å². The molecule has 2 rings (SSSR count). The van der Waals surface area contributed by atoms with Gasteiger partial charge in [-0.25, -0.2) is 0 Å². The summed E-state index contributed by atoms with van der Waals surface area (Å²) in [6.45, 7) is 3.06. The third-order valence-electron chi connectivity index (χ3n) is 3.32. The Labute approximate surface area is 113 Å². The van der Waals surface area contributed by atoms with Gasteiger partial charge in [0.1, 0.15) is 11.0 Å². The molecule has 0 aliphatic heterocycles. The maximum absolute atomic E-state index is 10.9. The highest BCUT2D eigenvalue weighted by atomic mass is 16.1. The van der Waals surface area contributed by atoms with Crippen LogP contribution in [-0.4, -0.2) is 21.3 Å². The van der Waals surface area contributed by atoms with Crippen LogP contribution in [0.4, 0.5) is 0 Å². The number of aromatic nitrogens is 3. The fourth-order valence-electron chi connectivity index (χ4n) is 2.23. The van der Waals surface area contributed by atoms with E-state index in [2.05, 4.69) is 17.1 Å². The minimum Gasteiger partial charge on any atom is -0.298 e. The quantitative estimate of drug-likeness (QED) is 0.537. The molecule has 2 aromatic rings. The number of nitrogens with zero attached hydrogens (tertiary/aromatic N) is 3. The molecule has 0 saturated heterocycles. The zero-order valence-electron chi connectivity index (χ0n) is 11.5. The molecule has 19 heavy (non-hydrogen) atoms. The summed E-state index contributed by atoms with van der Waals surface area (Å²) >= 11 is 0. The predicted molar refractivity (Wildman–Crippen MR) is 76.3 cm³/mol. The van der Waals surface area contributed by atoms with E-state index in [1.807, 2.05) is 12.1 Å². The molecule has 0 unspecified atom stereocenters. The monoisotopic (exact) mass is 259 g/mol. The van der Waals surface area contributed by atoms with E-state index in [0.29, 0.717) is 11.1 Å². The van der Waals surface area contributed by atoms with E-state index in [4.69, 9.17) is 0 Å². The fourth-order valence-corrected chi connectivity index (χ4v) is 2.23. The zero-order chi connectivity index (χ0) is 13.5. The van der Waals surface area contributed by atoms with Gasteiger partial charge < -0.3 is 0 Å². The fraction of sp³-hybridized carbons (Fsp3) is 0.533. The molecular formula is C15H21N3O. The molecular weight excluding hydrogens is 238 g/mol. The summed E-state index contributed by atoms with van der Waals surface area (Å²) in [5.74, 6) is 0. The van der Waals surface area contributed by atoms with Gasteiger partial charge in [-0.05, 0) is 18.6 Å². The first-order valence-corrected chi connectivity index (χ1v) is 7.14. The molecule has 0 fully saturated rings. The van der Waals surface area contributed by atoms with E-state index in [0.717, 1.165) is 24.8 Å². The highest BCUT2D eigenvalue weighted by Gasteiger charge is 2.06. The van der Waals surface area contributed by atoms with Gasteiger partial charge in [0.25, 0.3) is 0 Å². The number of hydrogen-bond acceptors (Lipinski definition) is 3. The molecule has 0 saturated carbocycles. The topological polar surface area (TPSA) is 47.8 Å². The zero-order valence-corrected chi connectivity index (χ0v) is 11.5. The molecule has 0 atom stereocenters. The van der Waals surface area contributed by atoms with Crippen molar-refractivity contribution in [2.75, 3.05) is 0 Å². The van der Waals surface area contributed by atoms with Crippen molar-refractivity contribution in [3.63, 3.8) is 0 Å². The van der Waals surface area contributed by atoms with Crippen molar-refractivity contribution >= 4 is 17.3 Å². The van der Waals surface area contributed by atoms with E-state index < -0.39 is 0 Å². The van der Waals surface area contributed by atoms with Crippen molar-refractivity contribution in [2.45, 2.75) is 52.0 Å². The van der Waals surface area contributed by atoms with Crippen LogP contribution in [0, 0.1) is 0 Å². The van der Waals surface area contributed by atoms with Gasteiger partial charge in [-0.15, -0.1) is 0 Å². The normalized spacial score (nSPS) is 11.0. The molecule has 4 nitrogen and oxygen atoms in total. The number of fused-ring (bicyclic) bond motifs is 1. The van der Waals surface area contributed by atoms with Gasteiger partial charge in [-0.3, -0.25) is 4.79 Å². The van der Waals surface area contributed by atoms with Crippen molar-refractivity contribution in [1.82, 2.24) is 15.0 Å². The van der Waals surface area contributed by atoms with Crippen LogP contribution < -0.4 is 0 Å². The lowest BCUT2D eigenvalue weighted by Gasteiger charge is -2.00. The lowest BCUT2D eigenvalue weighted by molar-refractivity contribution is 0.112. The van der Waals surface area contributed by atoms with Crippen molar-refractivity contribution < 1.29 is 4.79 Å². The second kappa shape index (κ2) is 7.02. The highest BCUT2D eigenvalue weighted by molar-refractivity contribution is 5.93. The molecule has 0 amide bonds. The SMILES string of the molecule is CCCCCCCCn1nc2cccc(C=O)c2n1. The maximum atomic E-state index is 10.9. The van der Waals surface area contributed by atoms with Crippen LogP contribution in [0.25, 0.3) is 11.0 Å². The van der Waals surface area contributed by atoms with Gasteiger partial charge in [0.2, 0.25) is 0 Å². The minimum absolute atomic E-state index is 0.617. The summed E-state index contributed by atoms with van der Waals surface area (Å²) in [7, 11) is 0. The lowest BCUT2D eigenvalue weighted by Crippen LogP contribution is -2.02. The Morgan fingerprint density at radius 2 is 1.89 bits per heavy atom. The van der Waals surface area contributed by atoms with Crippen LogP contribution in [0.1, 0.15) is 55.8 Å². The van der Waals surface area contributed by atoms with Crippen molar-refractivity contribution in [3.05, 3.63) is 23.8 Å². The van der Waals surface area contributed by atoms with Crippen LogP contribution in [0.3, 0.4) is 0 Å². The molecule has 1 heterocycles. The highest BCUT2D eigenvalue weighted by Crippen LogP contribution is 2.13. The summed E-state index contributed by atoms with van der Waals surface area (Å²) in [5.41, 5.74) is 2.13. The number of hydrogen-bond donors (Lipinski definition) is 0. The summed E-state index contributed by atoms with van der Waals surface area (Å²) in [6, 6.07) is 5.52. The van der Waals surface area contributed by atoms with Crippen molar-refractivity contribution in [2.24, 2.45) is 0 Å². The number of aldehydes is 1. The Kier molecular flexibility index (Phi) is 5.07. The first-order chi connectivity index (χ1) is 9.35. The molecule has 4 heteroatoms. The van der Waals surface area contributed by atoms with Crippen LogP contribution in [0.2, 0.25) is 0 Å². The summed E-state index contributed by atoms with van der Waals surface area (Å²) < 4.78 is 0. The number of rotatable bonds is 8. The van der Waals surface area contributed by atoms with Gasteiger partial charge in [0.05, 0.1) is 6.54 Å². The van der Waals surface area contributed by atoms with Gasteiger partial charge >= 0.3 is 0 Å². The van der Waals surface area contributed by atoms with Gasteiger partial charge in [0, 0.05) is 5.56 Å². The molecule has 0 N–H and O–H groups in total. The van der Waals surface area contributed by atoms with Crippen LogP contribution in [0.5, 0.6) is 0 Å². The average Bonchev–Trinajstić information content (AvgIpc) is 2.85. The van der Waals surface area contributed by atoms with Gasteiger partial charge in [-0.1, -0.05) is 45.1 Å². The average molecular weight is 259 g/mol. The van der Waals surface area contributed by atoms with Crippen molar-refractivity contribution in [3.8, 4) is 0 Å². The largest absolute Gasteiger partial charge is 0.298 e. The second-order valence-corrected chi connectivity index (χ2v) is 4.90. The number of carbonyl (C=O) groups excluding carboxylic acids is 1. The Hall–Kier alpha value is -1.71. The molecule has 102 valence electrons. The van der Waals surface area contributed by atoms with E-state index in [1.54, 1.807) is 10.9 Å². The van der Waals surface area contributed by atoms with Gasteiger partial charge in [-0.2, -0.15) is 15.0 Å². The van der Waals surface area contributed by atoms with E-state index in [9.17, 15) is 4.79 Å². The third kappa shape index (κ3) is 3.63. The first-order valence-electron chi connectivity index (χ1n) is 7.14. The first kappa shape index (κ1) is 13.7. The Morgan fingerprint density at radius 3 is 2.68 bits per heavy atom. The van der Waals surface area contributed by atoms with E-state index >= 15 is 0 Å². The summed E-state index contributed by atoms with van der Waals surface area (Å²) in [5, 5.41) is 8.79. The van der Waals surface area contributed by atoms with Crippen LogP contribution >= 0.6 is 0 Å². The predicted octanol–water partition coefficient (Wildman–Crippen LogP) is 3.60. The lowest BCUT2D eigenvalue weighted by atomic mass is 10.1. The number of unbranched alkanes of at least 4 members (excludes halogenated alkanes) is 5. The molecule has 1 aromatic heterocycles. The Morgan fingerprint density at radius 1 is 1.11 bits per heavy atom. The van der Waals surface area contributed by atoms with Crippen LogP contribution in [0.15, 0.2) is 18.2 Å². The standard InChI is InChI=1S/C15H21N3O/c1-2-3-4-5-6-7-11-18-16-14-10-8-9-13(12-19)15(14)17-18/h8-10,12H,2-7,11H2,1H3. The Balaban J connectivity index is 1.89. The summed E-state index contributed by atoms with van der Waals surface area (Å²) in [6.07, 6.45) is 8.37. The number of benzene rings is 1. The van der Waals surface area contributed by atoms with Crippen molar-refractivity contribution in [1.29, 1.82) is 0 Å². The minimum atomic E-state index is 0.617. The molecule has 0 aliphatic carbocycles. The molecule has 0 radical (unpaired) electrons. The number of carbonyl (C=O) groups is 1.